The maximum Gasteiger partial charge on any atom is 0.259 e. The predicted octanol–water partition coefficient (Wildman–Crippen LogP) is 2.74. The van der Waals surface area contributed by atoms with E-state index in [1.807, 2.05) is 0 Å². The number of rotatable bonds is 4. The zero-order chi connectivity index (χ0) is 15.1. The second-order valence-corrected chi connectivity index (χ2v) is 4.66. The second-order valence-electron chi connectivity index (χ2n) is 3.76. The molecule has 0 aliphatic heterocycles. The quantitative estimate of drug-likeness (QED) is 0.844. The topological polar surface area (TPSA) is 102 Å². The molecule has 2 rings (SSSR count). The third-order valence-corrected chi connectivity index (χ3v) is 3.13. The molecule has 0 aliphatic rings. The number of anilines is 2. The van der Waals surface area contributed by atoms with Gasteiger partial charge in [0, 0.05) is 17.8 Å². The molecule has 102 valence electrons. The Balaban J connectivity index is 2.21. The lowest BCUT2D eigenvalue weighted by atomic mass is 10.1. The molecule has 2 aromatic rings. The number of amides is 1. The minimum atomic E-state index is -0.322. The Morgan fingerprint density at radius 2 is 2.05 bits per heavy atom. The van der Waals surface area contributed by atoms with Crippen molar-refractivity contribution in [3.05, 3.63) is 53.2 Å². The molecule has 1 aromatic heterocycles. The van der Waals surface area contributed by atoms with Gasteiger partial charge in [-0.15, -0.1) is 11.3 Å². The Morgan fingerprint density at radius 1 is 1.29 bits per heavy atom. The van der Waals surface area contributed by atoms with Crippen LogP contribution in [-0.2, 0) is 0 Å². The summed E-state index contributed by atoms with van der Waals surface area (Å²) in [4.78, 5) is 16.2. The van der Waals surface area contributed by atoms with Crippen molar-refractivity contribution in [2.75, 3.05) is 10.6 Å². The number of nitriles is 2. The number of allylic oxidation sites excluding steroid dienone is 1. The SMILES string of the molecule is N#CC(C#N)=CNc1ccccc1C(=O)Nc1nccs1. The number of para-hydroxylation sites is 1. The van der Waals surface area contributed by atoms with Crippen molar-refractivity contribution in [1.29, 1.82) is 10.5 Å². The van der Waals surface area contributed by atoms with Gasteiger partial charge in [0.05, 0.1) is 11.3 Å². The van der Waals surface area contributed by atoms with Gasteiger partial charge in [-0.3, -0.25) is 10.1 Å². The molecule has 21 heavy (non-hydrogen) atoms. The van der Waals surface area contributed by atoms with E-state index in [4.69, 9.17) is 10.5 Å². The van der Waals surface area contributed by atoms with Crippen LogP contribution in [-0.4, -0.2) is 10.9 Å². The van der Waals surface area contributed by atoms with Gasteiger partial charge in [-0.1, -0.05) is 12.1 Å². The van der Waals surface area contributed by atoms with Gasteiger partial charge in [-0.05, 0) is 12.1 Å². The van der Waals surface area contributed by atoms with Crippen LogP contribution in [0.15, 0.2) is 47.6 Å². The maximum atomic E-state index is 12.2. The number of hydrogen-bond donors (Lipinski definition) is 2. The molecule has 0 atom stereocenters. The van der Waals surface area contributed by atoms with E-state index in [2.05, 4.69) is 15.6 Å². The molecule has 0 unspecified atom stereocenters. The molecule has 0 saturated heterocycles. The van der Waals surface area contributed by atoms with Gasteiger partial charge in [-0.25, -0.2) is 4.98 Å². The molecule has 1 heterocycles. The van der Waals surface area contributed by atoms with Gasteiger partial charge in [0.1, 0.15) is 17.7 Å². The number of nitrogens with one attached hydrogen (secondary N) is 2. The molecule has 0 aliphatic carbocycles. The van der Waals surface area contributed by atoms with Gasteiger partial charge in [0.25, 0.3) is 5.91 Å². The summed E-state index contributed by atoms with van der Waals surface area (Å²) < 4.78 is 0. The van der Waals surface area contributed by atoms with Crippen LogP contribution in [0.25, 0.3) is 0 Å². The van der Waals surface area contributed by atoms with E-state index in [-0.39, 0.29) is 11.5 Å². The first-order valence-corrected chi connectivity index (χ1v) is 6.69. The molecule has 1 amide bonds. The summed E-state index contributed by atoms with van der Waals surface area (Å²) in [5, 5.41) is 25.1. The Hall–Kier alpha value is -3.16. The smallest absolute Gasteiger partial charge is 0.259 e. The summed E-state index contributed by atoms with van der Waals surface area (Å²) in [7, 11) is 0. The van der Waals surface area contributed by atoms with Gasteiger partial charge >= 0.3 is 0 Å². The first kappa shape index (κ1) is 14.3. The first-order valence-electron chi connectivity index (χ1n) is 5.81. The summed E-state index contributed by atoms with van der Waals surface area (Å²) in [6.45, 7) is 0. The Bertz CT molecular complexity index is 736. The molecular weight excluding hydrogens is 286 g/mol. The lowest BCUT2D eigenvalue weighted by Gasteiger charge is -2.08. The van der Waals surface area contributed by atoms with Crippen LogP contribution in [0.1, 0.15) is 10.4 Å². The predicted molar refractivity (Wildman–Crippen MR) is 79.4 cm³/mol. The lowest BCUT2D eigenvalue weighted by molar-refractivity contribution is 0.102. The molecule has 6 nitrogen and oxygen atoms in total. The van der Waals surface area contributed by atoms with E-state index in [1.54, 1.807) is 48.0 Å². The maximum absolute atomic E-state index is 12.2. The van der Waals surface area contributed by atoms with Gasteiger partial charge < -0.3 is 5.32 Å². The minimum Gasteiger partial charge on any atom is -0.359 e. The van der Waals surface area contributed by atoms with E-state index in [0.29, 0.717) is 16.4 Å². The summed E-state index contributed by atoms with van der Waals surface area (Å²) >= 11 is 1.32. The largest absolute Gasteiger partial charge is 0.359 e. The van der Waals surface area contributed by atoms with E-state index in [1.165, 1.54) is 17.5 Å². The van der Waals surface area contributed by atoms with Crippen LogP contribution < -0.4 is 10.6 Å². The third-order valence-electron chi connectivity index (χ3n) is 2.44. The molecule has 0 bridgehead atoms. The fourth-order valence-electron chi connectivity index (χ4n) is 1.50. The van der Waals surface area contributed by atoms with Crippen molar-refractivity contribution in [3.8, 4) is 12.1 Å². The Labute approximate surface area is 125 Å². The van der Waals surface area contributed by atoms with Crippen LogP contribution in [0.4, 0.5) is 10.8 Å². The monoisotopic (exact) mass is 295 g/mol. The molecule has 0 radical (unpaired) electrons. The summed E-state index contributed by atoms with van der Waals surface area (Å²) in [6, 6.07) is 10.3. The molecule has 2 N–H and O–H groups in total. The molecule has 7 heteroatoms. The van der Waals surface area contributed by atoms with Crippen LogP contribution in [0.3, 0.4) is 0 Å². The summed E-state index contributed by atoms with van der Waals surface area (Å²) in [5.74, 6) is -0.322. The number of thiazole rings is 1. The van der Waals surface area contributed by atoms with Crippen molar-refractivity contribution in [1.82, 2.24) is 4.98 Å². The zero-order valence-electron chi connectivity index (χ0n) is 10.7. The molecule has 0 spiro atoms. The number of aromatic nitrogens is 1. The van der Waals surface area contributed by atoms with Crippen molar-refractivity contribution in [2.45, 2.75) is 0 Å². The van der Waals surface area contributed by atoms with Crippen molar-refractivity contribution < 1.29 is 4.79 Å². The fourth-order valence-corrected chi connectivity index (χ4v) is 2.02. The van der Waals surface area contributed by atoms with Gasteiger partial charge in [-0.2, -0.15) is 10.5 Å². The molecule has 1 aromatic carbocycles. The van der Waals surface area contributed by atoms with Gasteiger partial charge in [0.2, 0.25) is 0 Å². The highest BCUT2D eigenvalue weighted by atomic mass is 32.1. The normalized spacial score (nSPS) is 9.05. The van der Waals surface area contributed by atoms with Crippen LogP contribution in [0.2, 0.25) is 0 Å². The molecular formula is C14H9N5OS. The Morgan fingerprint density at radius 3 is 2.71 bits per heavy atom. The van der Waals surface area contributed by atoms with Crippen molar-refractivity contribution in [2.24, 2.45) is 0 Å². The number of benzene rings is 1. The summed E-state index contributed by atoms with van der Waals surface area (Å²) in [6.07, 6.45) is 2.86. The highest BCUT2D eigenvalue weighted by Gasteiger charge is 2.11. The number of carbonyl (C=O) groups is 1. The van der Waals surface area contributed by atoms with E-state index >= 15 is 0 Å². The van der Waals surface area contributed by atoms with Gasteiger partial charge in [0.15, 0.2) is 5.13 Å². The van der Waals surface area contributed by atoms with Crippen LogP contribution in [0.5, 0.6) is 0 Å². The Kier molecular flexibility index (Phi) is 4.65. The molecule has 0 fully saturated rings. The minimum absolute atomic E-state index is 0.0786. The second kappa shape index (κ2) is 6.85. The highest BCUT2D eigenvalue weighted by Crippen LogP contribution is 2.18. The standard InChI is InChI=1S/C14H9N5OS/c15-7-10(8-16)9-18-12-4-2-1-3-11(12)13(20)19-14-17-5-6-21-14/h1-6,9,18H,(H,17,19,20). The molecule has 0 saturated carbocycles. The van der Waals surface area contributed by atoms with Crippen LogP contribution >= 0.6 is 11.3 Å². The number of nitrogens with zero attached hydrogens (tertiary/aromatic N) is 3. The van der Waals surface area contributed by atoms with Crippen molar-refractivity contribution >= 4 is 28.1 Å². The fraction of sp³-hybridized carbons (Fsp3) is 0. The average Bonchev–Trinajstić information content (AvgIpc) is 3.01. The lowest BCUT2D eigenvalue weighted by Crippen LogP contribution is -2.13. The van der Waals surface area contributed by atoms with E-state index in [0.717, 1.165) is 0 Å². The third kappa shape index (κ3) is 3.66. The van der Waals surface area contributed by atoms with E-state index in [9.17, 15) is 4.79 Å². The summed E-state index contributed by atoms with van der Waals surface area (Å²) in [5.41, 5.74) is 0.805. The number of hydrogen-bond acceptors (Lipinski definition) is 6. The first-order chi connectivity index (χ1) is 10.2. The number of carbonyl (C=O) groups excluding carboxylic acids is 1. The van der Waals surface area contributed by atoms with Crippen molar-refractivity contribution in [3.63, 3.8) is 0 Å². The zero-order valence-corrected chi connectivity index (χ0v) is 11.5. The average molecular weight is 295 g/mol. The van der Waals surface area contributed by atoms with E-state index < -0.39 is 0 Å². The highest BCUT2D eigenvalue weighted by molar-refractivity contribution is 7.13. The van der Waals surface area contributed by atoms with Crippen LogP contribution in [0, 0.1) is 22.7 Å².